The molecule has 0 spiro atoms. The van der Waals surface area contributed by atoms with Crippen LogP contribution in [0, 0.1) is 5.82 Å². The van der Waals surface area contributed by atoms with E-state index in [1.54, 1.807) is 18.3 Å². The quantitative estimate of drug-likeness (QED) is 0.598. The largest absolute Gasteiger partial charge is 0.464 e. The van der Waals surface area contributed by atoms with E-state index in [4.69, 9.17) is 4.74 Å². The van der Waals surface area contributed by atoms with Crippen molar-refractivity contribution in [2.75, 3.05) is 13.2 Å². The van der Waals surface area contributed by atoms with E-state index in [0.717, 1.165) is 19.3 Å². The zero-order valence-corrected chi connectivity index (χ0v) is 13.2. The number of hydrogen-bond donors (Lipinski definition) is 0. The van der Waals surface area contributed by atoms with Crippen LogP contribution in [0.25, 0.3) is 0 Å². The molecular weight excluding hydrogens is 283 g/mol. The molecule has 2 rings (SSSR count). The zero-order chi connectivity index (χ0) is 16.0. The standard InChI is InChI=1S/C17H23FN2O2/c1-3-9-17(16(21)22-4-2)10-6-11-20(17)19-13-14-7-5-8-15(18)12-14/h5,7-8,12-13H,3-4,6,9-11H2,1-2H3/b19-13+/t17-/m1/s1. The van der Waals surface area contributed by atoms with Crippen LogP contribution in [0.1, 0.15) is 45.1 Å². The minimum Gasteiger partial charge on any atom is -0.464 e. The molecule has 1 atom stereocenters. The smallest absolute Gasteiger partial charge is 0.333 e. The third-order valence-corrected chi connectivity index (χ3v) is 3.97. The number of hydrazone groups is 1. The van der Waals surface area contributed by atoms with Gasteiger partial charge in [-0.2, -0.15) is 5.10 Å². The molecule has 0 bridgehead atoms. The van der Waals surface area contributed by atoms with Crippen LogP contribution in [0.15, 0.2) is 29.4 Å². The molecule has 5 heteroatoms. The van der Waals surface area contributed by atoms with E-state index in [9.17, 15) is 9.18 Å². The lowest BCUT2D eigenvalue weighted by Crippen LogP contribution is -2.49. The van der Waals surface area contributed by atoms with Gasteiger partial charge in [0.25, 0.3) is 0 Å². The summed E-state index contributed by atoms with van der Waals surface area (Å²) in [6.45, 7) is 4.94. The van der Waals surface area contributed by atoms with Gasteiger partial charge in [-0.05, 0) is 43.9 Å². The fraction of sp³-hybridized carbons (Fsp3) is 0.529. The van der Waals surface area contributed by atoms with E-state index in [0.29, 0.717) is 25.1 Å². The Labute approximate surface area is 131 Å². The molecule has 1 saturated heterocycles. The molecule has 1 fully saturated rings. The maximum absolute atomic E-state index is 13.2. The Bertz CT molecular complexity index is 547. The second kappa shape index (κ2) is 7.38. The second-order valence-corrected chi connectivity index (χ2v) is 5.53. The Morgan fingerprint density at radius 2 is 2.32 bits per heavy atom. The summed E-state index contributed by atoms with van der Waals surface area (Å²) in [6, 6.07) is 6.25. The van der Waals surface area contributed by atoms with Crippen molar-refractivity contribution >= 4 is 12.2 Å². The predicted molar refractivity (Wildman–Crippen MR) is 84.2 cm³/mol. The van der Waals surface area contributed by atoms with Crippen LogP contribution in [0.4, 0.5) is 4.39 Å². The van der Waals surface area contributed by atoms with Crippen LogP contribution in [0.3, 0.4) is 0 Å². The van der Waals surface area contributed by atoms with Gasteiger partial charge in [0, 0.05) is 6.54 Å². The summed E-state index contributed by atoms with van der Waals surface area (Å²) in [7, 11) is 0. The van der Waals surface area contributed by atoms with Crippen LogP contribution < -0.4 is 0 Å². The van der Waals surface area contributed by atoms with E-state index in [-0.39, 0.29) is 11.8 Å². The van der Waals surface area contributed by atoms with Crippen LogP contribution >= 0.6 is 0 Å². The first kappa shape index (κ1) is 16.5. The van der Waals surface area contributed by atoms with Crippen molar-refractivity contribution in [1.29, 1.82) is 0 Å². The van der Waals surface area contributed by atoms with Crippen molar-refractivity contribution in [3.05, 3.63) is 35.6 Å². The Hall–Kier alpha value is -1.91. The Balaban J connectivity index is 2.21. The molecule has 1 aliphatic rings. The molecule has 1 aromatic carbocycles. The summed E-state index contributed by atoms with van der Waals surface area (Å²) >= 11 is 0. The van der Waals surface area contributed by atoms with Crippen molar-refractivity contribution in [3.63, 3.8) is 0 Å². The van der Waals surface area contributed by atoms with Gasteiger partial charge in [-0.15, -0.1) is 0 Å². The SMILES string of the molecule is CCC[C@]1(C(=O)OCC)CCCN1/N=C/c1cccc(F)c1. The highest BCUT2D eigenvalue weighted by molar-refractivity contribution is 5.82. The van der Waals surface area contributed by atoms with Crippen molar-refractivity contribution < 1.29 is 13.9 Å². The molecule has 0 radical (unpaired) electrons. The first-order valence-corrected chi connectivity index (χ1v) is 7.87. The van der Waals surface area contributed by atoms with Gasteiger partial charge in [-0.3, -0.25) is 5.01 Å². The fourth-order valence-electron chi connectivity index (χ4n) is 3.00. The summed E-state index contributed by atoms with van der Waals surface area (Å²) in [4.78, 5) is 12.4. The van der Waals surface area contributed by atoms with Gasteiger partial charge in [-0.25, -0.2) is 9.18 Å². The Morgan fingerprint density at radius 3 is 3.00 bits per heavy atom. The third-order valence-electron chi connectivity index (χ3n) is 3.97. The van der Waals surface area contributed by atoms with E-state index in [1.807, 2.05) is 18.9 Å². The number of carbonyl (C=O) groups excluding carboxylic acids is 1. The highest BCUT2D eigenvalue weighted by Crippen LogP contribution is 2.35. The molecular formula is C17H23FN2O2. The number of carbonyl (C=O) groups is 1. The molecule has 0 N–H and O–H groups in total. The average Bonchev–Trinajstić information content (AvgIpc) is 2.90. The van der Waals surface area contributed by atoms with Gasteiger partial charge in [0.2, 0.25) is 0 Å². The molecule has 1 aliphatic heterocycles. The molecule has 0 unspecified atom stereocenters. The van der Waals surface area contributed by atoms with Crippen LogP contribution in [0.5, 0.6) is 0 Å². The van der Waals surface area contributed by atoms with Crippen LogP contribution in [-0.4, -0.2) is 35.9 Å². The fourth-order valence-corrected chi connectivity index (χ4v) is 3.00. The van der Waals surface area contributed by atoms with E-state index >= 15 is 0 Å². The van der Waals surface area contributed by atoms with Gasteiger partial charge < -0.3 is 4.74 Å². The molecule has 0 aromatic heterocycles. The zero-order valence-electron chi connectivity index (χ0n) is 13.2. The highest BCUT2D eigenvalue weighted by atomic mass is 19.1. The maximum Gasteiger partial charge on any atom is 0.333 e. The normalized spacial score (nSPS) is 21.5. The van der Waals surface area contributed by atoms with Gasteiger partial charge in [-0.1, -0.05) is 25.5 Å². The number of rotatable bonds is 6. The lowest BCUT2D eigenvalue weighted by atomic mass is 9.91. The summed E-state index contributed by atoms with van der Waals surface area (Å²) in [5.41, 5.74) is 0.00959. The topological polar surface area (TPSA) is 41.9 Å². The Kier molecular flexibility index (Phi) is 5.52. The predicted octanol–water partition coefficient (Wildman–Crippen LogP) is 3.36. The molecule has 1 aromatic rings. The molecule has 0 saturated carbocycles. The molecule has 22 heavy (non-hydrogen) atoms. The number of nitrogens with zero attached hydrogens (tertiary/aromatic N) is 2. The van der Waals surface area contributed by atoms with E-state index < -0.39 is 5.54 Å². The van der Waals surface area contributed by atoms with Crippen molar-refractivity contribution in [3.8, 4) is 0 Å². The summed E-state index contributed by atoms with van der Waals surface area (Å²) in [5.74, 6) is -0.499. The van der Waals surface area contributed by atoms with Crippen molar-refractivity contribution in [2.45, 2.75) is 45.1 Å². The van der Waals surface area contributed by atoms with Crippen molar-refractivity contribution in [2.24, 2.45) is 5.10 Å². The highest BCUT2D eigenvalue weighted by Gasteiger charge is 2.47. The maximum atomic E-state index is 13.2. The number of ether oxygens (including phenoxy) is 1. The number of esters is 1. The summed E-state index contributed by atoms with van der Waals surface area (Å²) < 4.78 is 18.5. The lowest BCUT2D eigenvalue weighted by molar-refractivity contribution is -0.156. The minimum absolute atomic E-state index is 0.203. The number of benzene rings is 1. The van der Waals surface area contributed by atoms with E-state index in [2.05, 4.69) is 5.10 Å². The molecule has 0 aliphatic carbocycles. The first-order valence-electron chi connectivity index (χ1n) is 7.87. The molecule has 120 valence electrons. The van der Waals surface area contributed by atoms with Crippen LogP contribution in [-0.2, 0) is 9.53 Å². The first-order chi connectivity index (χ1) is 10.6. The number of halogens is 1. The summed E-state index contributed by atoms with van der Waals surface area (Å²) in [6.07, 6.45) is 4.86. The van der Waals surface area contributed by atoms with Gasteiger partial charge in [0.15, 0.2) is 5.54 Å². The number of hydrogen-bond acceptors (Lipinski definition) is 4. The minimum atomic E-state index is -0.672. The van der Waals surface area contributed by atoms with Gasteiger partial charge in [0.05, 0.1) is 12.8 Å². The third kappa shape index (κ3) is 3.46. The molecule has 0 amide bonds. The van der Waals surface area contributed by atoms with E-state index in [1.165, 1.54) is 12.1 Å². The Morgan fingerprint density at radius 1 is 1.50 bits per heavy atom. The van der Waals surface area contributed by atoms with Crippen molar-refractivity contribution in [1.82, 2.24) is 5.01 Å². The second-order valence-electron chi connectivity index (χ2n) is 5.53. The molecule has 1 heterocycles. The monoisotopic (exact) mass is 306 g/mol. The summed E-state index contributed by atoms with van der Waals surface area (Å²) in [5, 5.41) is 6.27. The molecule has 4 nitrogen and oxygen atoms in total. The average molecular weight is 306 g/mol. The lowest BCUT2D eigenvalue weighted by Gasteiger charge is -2.34. The van der Waals surface area contributed by atoms with Gasteiger partial charge in [0.1, 0.15) is 5.82 Å². The van der Waals surface area contributed by atoms with Gasteiger partial charge >= 0.3 is 5.97 Å². The van der Waals surface area contributed by atoms with Crippen LogP contribution in [0.2, 0.25) is 0 Å².